The quantitative estimate of drug-likeness (QED) is 0.355. The fourth-order valence-electron chi connectivity index (χ4n) is 3.04. The fourth-order valence-corrected chi connectivity index (χ4v) is 6.74. The molecule has 0 spiro atoms. The van der Waals surface area contributed by atoms with Crippen LogP contribution < -0.4 is 0 Å². The number of nitroso groups, excluding NO2 is 2. The van der Waals surface area contributed by atoms with Crippen LogP contribution in [0.1, 0.15) is 13.3 Å². The van der Waals surface area contributed by atoms with Crippen molar-refractivity contribution in [3.63, 3.8) is 0 Å². The van der Waals surface area contributed by atoms with E-state index in [1.54, 1.807) is 6.66 Å². The second-order valence-electron chi connectivity index (χ2n) is 7.67. The van der Waals surface area contributed by atoms with Crippen molar-refractivity contribution >= 4 is 28.5 Å². The van der Waals surface area contributed by atoms with Crippen molar-refractivity contribution in [1.29, 1.82) is 0 Å². The van der Waals surface area contributed by atoms with Gasteiger partial charge in [-0.15, -0.1) is 9.81 Å². The predicted molar refractivity (Wildman–Crippen MR) is 117 cm³/mol. The molecule has 0 amide bonds. The van der Waals surface area contributed by atoms with Crippen LogP contribution in [0.3, 0.4) is 0 Å². The number of carbonyl (C=O) groups excluding carboxylic acids is 1. The van der Waals surface area contributed by atoms with Crippen molar-refractivity contribution in [2.24, 2.45) is 9.89 Å². The summed E-state index contributed by atoms with van der Waals surface area (Å²) < 4.78 is 24.7. The molecule has 11 nitrogen and oxygen atoms in total. The zero-order valence-electron chi connectivity index (χ0n) is 17.3. The third-order valence-corrected chi connectivity index (χ3v) is 8.73. The van der Waals surface area contributed by atoms with Crippen molar-refractivity contribution in [3.05, 3.63) is 9.81 Å². The van der Waals surface area contributed by atoms with Gasteiger partial charge in [-0.25, -0.2) is 0 Å². The fraction of sp³-hybridized carbons (Fsp3) is 0.933. The van der Waals surface area contributed by atoms with Crippen LogP contribution in [0, 0.1) is 9.81 Å². The highest BCUT2D eigenvalue weighted by atomic mass is 31.2. The molecule has 0 aromatic rings. The molecule has 1 saturated heterocycles. The lowest BCUT2D eigenvalue weighted by atomic mass is 10.4. The summed E-state index contributed by atoms with van der Waals surface area (Å²) in [5.41, 5.74) is 0. The SMILES string of the molecule is CC(=O)CCP(=O)(O)CN1CCN(CP(C)N=O)CCN(CP(C)(=O)N=O)CC1. The summed E-state index contributed by atoms with van der Waals surface area (Å²) in [4.78, 5) is 54.7. The van der Waals surface area contributed by atoms with Gasteiger partial charge in [0.2, 0.25) is 14.7 Å². The average molecular weight is 471 g/mol. The second-order valence-corrected chi connectivity index (χ2v) is 14.4. The van der Waals surface area contributed by atoms with Gasteiger partial charge < -0.3 is 9.69 Å². The van der Waals surface area contributed by atoms with E-state index in [9.17, 15) is 28.6 Å². The van der Waals surface area contributed by atoms with E-state index in [1.807, 2.05) is 9.80 Å². The lowest BCUT2D eigenvalue weighted by molar-refractivity contribution is -0.116. The Morgan fingerprint density at radius 3 is 1.93 bits per heavy atom. The van der Waals surface area contributed by atoms with E-state index in [1.165, 1.54) is 13.6 Å². The number of hydrogen-bond donors (Lipinski definition) is 1. The highest BCUT2D eigenvalue weighted by molar-refractivity contribution is 7.61. The summed E-state index contributed by atoms with van der Waals surface area (Å²) >= 11 is 0. The molecule has 1 rings (SSSR count). The first kappa shape index (κ1) is 26.6. The van der Waals surface area contributed by atoms with Crippen LogP contribution in [0.2, 0.25) is 0 Å². The summed E-state index contributed by atoms with van der Waals surface area (Å²) in [7, 11) is -7.71. The maximum absolute atomic E-state index is 12.5. The first-order valence-electron chi connectivity index (χ1n) is 9.39. The Morgan fingerprint density at radius 2 is 1.48 bits per heavy atom. The first-order chi connectivity index (χ1) is 13.5. The Labute approximate surface area is 173 Å². The van der Waals surface area contributed by atoms with Crippen LogP contribution in [0.5, 0.6) is 0 Å². The zero-order chi connectivity index (χ0) is 22.1. The molecule has 1 fully saturated rings. The first-order valence-corrected chi connectivity index (χ1v) is 15.6. The van der Waals surface area contributed by atoms with Gasteiger partial charge in [-0.05, 0) is 23.5 Å². The second kappa shape index (κ2) is 12.5. The van der Waals surface area contributed by atoms with Crippen molar-refractivity contribution in [1.82, 2.24) is 14.7 Å². The Morgan fingerprint density at radius 1 is 1.00 bits per heavy atom. The number of Topliss-reactive ketones (excluding diaryl/α,β-unsaturated/α-hetero) is 1. The standard InChI is InChI=1S/C15H32N5O6P3/c1-15(21)4-11-29(25,26)14-20-8-6-18(12-27(2)16-22)5-7-19(9-10-20)13-28(3,24)17-23/h4-14H2,1-3H3,(H,25,26). The van der Waals surface area contributed by atoms with Gasteiger partial charge in [-0.3, -0.25) is 23.8 Å². The predicted octanol–water partition coefficient (Wildman–Crippen LogP) is 2.50. The van der Waals surface area contributed by atoms with Crippen LogP contribution >= 0.6 is 22.7 Å². The molecule has 0 aromatic heterocycles. The van der Waals surface area contributed by atoms with Crippen molar-refractivity contribution in [2.45, 2.75) is 13.3 Å². The minimum absolute atomic E-state index is 0.0372. The molecule has 1 aliphatic rings. The Kier molecular flexibility index (Phi) is 11.4. The van der Waals surface area contributed by atoms with Gasteiger partial charge in [0.15, 0.2) is 0 Å². The average Bonchev–Trinajstić information content (AvgIpc) is 2.72. The van der Waals surface area contributed by atoms with Gasteiger partial charge in [0.25, 0.3) is 0 Å². The van der Waals surface area contributed by atoms with E-state index >= 15 is 0 Å². The number of ketones is 1. The molecule has 14 heteroatoms. The maximum atomic E-state index is 12.5. The normalized spacial score (nSPS) is 23.0. The van der Waals surface area contributed by atoms with E-state index in [0.717, 1.165) is 0 Å². The minimum Gasteiger partial charge on any atom is -0.343 e. The molecule has 29 heavy (non-hydrogen) atoms. The molecule has 3 unspecified atom stereocenters. The van der Waals surface area contributed by atoms with E-state index in [2.05, 4.69) is 14.8 Å². The summed E-state index contributed by atoms with van der Waals surface area (Å²) in [6.45, 7) is 7.72. The molecule has 168 valence electrons. The number of hydrogen-bond acceptors (Lipinski definition) is 9. The maximum Gasteiger partial charge on any atom is 0.243 e. The summed E-state index contributed by atoms with van der Waals surface area (Å²) in [6.07, 6.45) is 0.532. The lowest BCUT2D eigenvalue weighted by Gasteiger charge is -2.27. The number of rotatable bonds is 11. The van der Waals surface area contributed by atoms with Gasteiger partial charge in [-0.1, -0.05) is 0 Å². The van der Waals surface area contributed by atoms with E-state index in [4.69, 9.17) is 0 Å². The molecule has 0 aromatic carbocycles. The number of carbonyl (C=O) groups is 1. The zero-order valence-corrected chi connectivity index (χ0v) is 20.0. The van der Waals surface area contributed by atoms with Crippen molar-refractivity contribution in [2.75, 3.05) is 77.6 Å². The smallest absolute Gasteiger partial charge is 0.243 e. The molecule has 1 N–H and O–H groups in total. The lowest BCUT2D eigenvalue weighted by Crippen LogP contribution is -2.37. The van der Waals surface area contributed by atoms with Crippen molar-refractivity contribution < 1.29 is 18.8 Å². The van der Waals surface area contributed by atoms with Crippen LogP contribution in [0.25, 0.3) is 0 Å². The highest BCUT2D eigenvalue weighted by Crippen LogP contribution is 2.43. The molecular weight excluding hydrogens is 439 g/mol. The minimum atomic E-state index is -3.50. The monoisotopic (exact) mass is 471 g/mol. The van der Waals surface area contributed by atoms with Gasteiger partial charge in [0.05, 0.1) is 20.6 Å². The molecule has 1 heterocycles. The largest absolute Gasteiger partial charge is 0.343 e. The molecule has 0 radical (unpaired) electrons. The molecule has 3 atom stereocenters. The number of nitrogens with zero attached hydrogens (tertiary/aromatic N) is 5. The van der Waals surface area contributed by atoms with Crippen LogP contribution in [-0.2, 0) is 13.9 Å². The third kappa shape index (κ3) is 11.5. The molecule has 0 bridgehead atoms. The topological polar surface area (TPSA) is 140 Å². The van der Waals surface area contributed by atoms with E-state index in [-0.39, 0.29) is 30.9 Å². The summed E-state index contributed by atoms with van der Waals surface area (Å²) in [5, 5.41) is 0. The molecular formula is C15H32N5O6P3. The molecule has 0 aliphatic carbocycles. The van der Waals surface area contributed by atoms with Gasteiger partial charge in [0.1, 0.15) is 5.78 Å². The van der Waals surface area contributed by atoms with Gasteiger partial charge in [-0.2, -0.15) is 0 Å². The van der Waals surface area contributed by atoms with Crippen molar-refractivity contribution in [3.8, 4) is 0 Å². The summed E-state index contributed by atoms with van der Waals surface area (Å²) in [6, 6.07) is 0. The van der Waals surface area contributed by atoms with Gasteiger partial charge in [0, 0.05) is 64.8 Å². The van der Waals surface area contributed by atoms with Gasteiger partial charge >= 0.3 is 0 Å². The Balaban J connectivity index is 2.88. The summed E-state index contributed by atoms with van der Waals surface area (Å²) in [5.74, 6) is -0.126. The molecule has 0 saturated carbocycles. The Hall–Kier alpha value is -0.400. The van der Waals surface area contributed by atoms with Crippen LogP contribution in [0.4, 0.5) is 0 Å². The third-order valence-electron chi connectivity index (χ3n) is 4.61. The highest BCUT2D eigenvalue weighted by Gasteiger charge is 2.27. The van der Waals surface area contributed by atoms with Crippen LogP contribution in [0.15, 0.2) is 9.89 Å². The Bertz CT molecular complexity index is 666. The molecule has 1 aliphatic heterocycles. The van der Waals surface area contributed by atoms with E-state index in [0.29, 0.717) is 45.6 Å². The van der Waals surface area contributed by atoms with E-state index < -0.39 is 22.7 Å². The van der Waals surface area contributed by atoms with Crippen LogP contribution in [-0.4, -0.2) is 103 Å².